The van der Waals surface area contributed by atoms with Crippen molar-refractivity contribution in [2.75, 3.05) is 18.9 Å². The molecular formula is C23H26N4OS. The van der Waals surface area contributed by atoms with Gasteiger partial charge in [0.2, 0.25) is 0 Å². The van der Waals surface area contributed by atoms with Crippen molar-refractivity contribution >= 4 is 17.8 Å². The van der Waals surface area contributed by atoms with Gasteiger partial charge in [0.05, 0.1) is 17.9 Å². The fraction of sp³-hybridized carbons (Fsp3) is 0.435. The topological polar surface area (TPSA) is 61.5 Å². The van der Waals surface area contributed by atoms with Crippen molar-refractivity contribution in [2.24, 2.45) is 10.3 Å². The van der Waals surface area contributed by atoms with E-state index in [0.717, 1.165) is 35.9 Å². The van der Waals surface area contributed by atoms with E-state index in [0.29, 0.717) is 17.5 Å². The Morgan fingerprint density at radius 1 is 1.14 bits per heavy atom. The Hall–Kier alpha value is -2.52. The summed E-state index contributed by atoms with van der Waals surface area (Å²) in [6.07, 6.45) is 6.50. The van der Waals surface area contributed by atoms with Crippen LogP contribution in [0.4, 0.5) is 0 Å². The normalized spacial score (nSPS) is 21.9. The molecule has 0 spiro atoms. The zero-order chi connectivity index (χ0) is 20.1. The van der Waals surface area contributed by atoms with Crippen LogP contribution < -0.4 is 4.74 Å². The summed E-state index contributed by atoms with van der Waals surface area (Å²) in [6, 6.07) is 14.5. The molecule has 0 radical (unpaired) electrons. The first-order chi connectivity index (χ1) is 14.2. The van der Waals surface area contributed by atoms with Gasteiger partial charge in [0.1, 0.15) is 17.7 Å². The summed E-state index contributed by atoms with van der Waals surface area (Å²) in [6.45, 7) is 4.05. The van der Waals surface area contributed by atoms with Crippen molar-refractivity contribution in [3.63, 3.8) is 0 Å². The molecule has 29 heavy (non-hydrogen) atoms. The molecule has 1 aromatic heterocycles. The zero-order valence-corrected chi connectivity index (χ0v) is 17.6. The van der Waals surface area contributed by atoms with Crippen LogP contribution in [0.15, 0.2) is 47.0 Å². The summed E-state index contributed by atoms with van der Waals surface area (Å²) in [7, 11) is 0. The molecule has 150 valence electrons. The Balaban J connectivity index is 1.26. The zero-order valence-electron chi connectivity index (χ0n) is 16.8. The Bertz CT molecular complexity index is 881. The monoisotopic (exact) mass is 406 g/mol. The Kier molecular flexibility index (Phi) is 6.36. The van der Waals surface area contributed by atoms with Gasteiger partial charge in [0.15, 0.2) is 0 Å². The summed E-state index contributed by atoms with van der Waals surface area (Å²) >= 11 is 1.69. The van der Waals surface area contributed by atoms with E-state index in [9.17, 15) is 0 Å². The number of pyridine rings is 1. The minimum atomic E-state index is 0.574. The largest absolute Gasteiger partial charge is 0.493 e. The summed E-state index contributed by atoms with van der Waals surface area (Å²) in [5, 5.41) is 8.88. The number of aromatic nitrogens is 1. The molecule has 1 fully saturated rings. The Labute approximate surface area is 176 Å². The molecule has 6 heteroatoms. The molecule has 2 aromatic rings. The van der Waals surface area contributed by atoms with Crippen molar-refractivity contribution in [2.45, 2.75) is 38.6 Å². The second kappa shape index (κ2) is 9.32. The van der Waals surface area contributed by atoms with Crippen LogP contribution in [0.25, 0.3) is 11.3 Å². The van der Waals surface area contributed by atoms with Crippen LogP contribution in [0, 0.1) is 17.2 Å². The molecule has 1 aliphatic heterocycles. The minimum Gasteiger partial charge on any atom is -0.493 e. The SMILES string of the molecule is CC1=NSCCN1C1CCC(COc2ccc(-c3ccc(C#N)cn3)cc2)CC1. The molecule has 0 N–H and O–H groups in total. The van der Waals surface area contributed by atoms with Gasteiger partial charge in [-0.1, -0.05) is 0 Å². The summed E-state index contributed by atoms with van der Waals surface area (Å²) in [4.78, 5) is 6.85. The molecule has 4 rings (SSSR count). The fourth-order valence-electron chi connectivity index (χ4n) is 4.13. The van der Waals surface area contributed by atoms with E-state index in [1.807, 2.05) is 30.3 Å². The van der Waals surface area contributed by atoms with Gasteiger partial charge in [-0.25, -0.2) is 4.40 Å². The van der Waals surface area contributed by atoms with Gasteiger partial charge in [-0.3, -0.25) is 4.98 Å². The van der Waals surface area contributed by atoms with Crippen molar-refractivity contribution in [1.29, 1.82) is 5.26 Å². The second-order valence-electron chi connectivity index (χ2n) is 7.72. The number of nitriles is 1. The maximum Gasteiger partial charge on any atom is 0.119 e. The smallest absolute Gasteiger partial charge is 0.119 e. The van der Waals surface area contributed by atoms with Crippen LogP contribution in [0.1, 0.15) is 38.2 Å². The van der Waals surface area contributed by atoms with Crippen molar-refractivity contribution in [3.8, 4) is 23.1 Å². The Morgan fingerprint density at radius 2 is 1.93 bits per heavy atom. The van der Waals surface area contributed by atoms with Gasteiger partial charge in [-0.05, 0) is 86.9 Å². The van der Waals surface area contributed by atoms with Crippen molar-refractivity contribution in [1.82, 2.24) is 9.88 Å². The lowest BCUT2D eigenvalue weighted by molar-refractivity contribution is 0.161. The maximum atomic E-state index is 8.88. The van der Waals surface area contributed by atoms with E-state index in [1.54, 1.807) is 24.2 Å². The van der Waals surface area contributed by atoms with Gasteiger partial charge >= 0.3 is 0 Å². The van der Waals surface area contributed by atoms with Gasteiger partial charge in [0, 0.05) is 30.1 Å². The predicted molar refractivity (Wildman–Crippen MR) is 118 cm³/mol. The van der Waals surface area contributed by atoms with E-state index in [-0.39, 0.29) is 0 Å². The second-order valence-corrected chi connectivity index (χ2v) is 8.57. The molecule has 0 unspecified atom stereocenters. The molecule has 0 amide bonds. The van der Waals surface area contributed by atoms with E-state index in [4.69, 9.17) is 10.00 Å². The van der Waals surface area contributed by atoms with Crippen LogP contribution in [-0.2, 0) is 0 Å². The molecule has 1 saturated carbocycles. The predicted octanol–water partition coefficient (Wildman–Crippen LogP) is 4.94. The maximum absolute atomic E-state index is 8.88. The standard InChI is InChI=1S/C23H26N4OS/c1-17-26-29-13-12-27(17)21-7-2-18(3-8-21)16-28-22-9-5-20(6-10-22)23-11-4-19(14-24)15-25-23/h4-6,9-11,15,18,21H,2-3,7-8,12-13,16H2,1H3. The first-order valence-electron chi connectivity index (χ1n) is 10.3. The van der Waals surface area contributed by atoms with Crippen LogP contribution in [0.2, 0.25) is 0 Å². The van der Waals surface area contributed by atoms with Gasteiger partial charge < -0.3 is 9.64 Å². The number of rotatable bonds is 5. The molecule has 0 atom stereocenters. The highest BCUT2D eigenvalue weighted by molar-refractivity contribution is 7.98. The third-order valence-corrected chi connectivity index (χ3v) is 6.58. The number of hydrogen-bond donors (Lipinski definition) is 0. The van der Waals surface area contributed by atoms with E-state index in [1.165, 1.54) is 31.5 Å². The molecule has 0 saturated heterocycles. The van der Waals surface area contributed by atoms with E-state index >= 15 is 0 Å². The van der Waals surface area contributed by atoms with E-state index < -0.39 is 0 Å². The quantitative estimate of drug-likeness (QED) is 0.658. The lowest BCUT2D eigenvalue weighted by Gasteiger charge is -2.39. The number of nitrogens with zero attached hydrogens (tertiary/aromatic N) is 4. The molecular weight excluding hydrogens is 380 g/mol. The number of ether oxygens (including phenoxy) is 1. The molecule has 1 aromatic carbocycles. The van der Waals surface area contributed by atoms with Crippen LogP contribution in [0.5, 0.6) is 5.75 Å². The highest BCUT2D eigenvalue weighted by Crippen LogP contribution is 2.30. The lowest BCUT2D eigenvalue weighted by Crippen LogP contribution is -2.44. The number of amidine groups is 1. The number of benzene rings is 1. The van der Waals surface area contributed by atoms with Crippen molar-refractivity contribution in [3.05, 3.63) is 48.2 Å². The molecule has 2 aliphatic rings. The van der Waals surface area contributed by atoms with Crippen LogP contribution in [-0.4, -0.2) is 40.7 Å². The van der Waals surface area contributed by atoms with Gasteiger partial charge in [0.25, 0.3) is 0 Å². The molecule has 5 nitrogen and oxygen atoms in total. The summed E-state index contributed by atoms with van der Waals surface area (Å²) in [5.41, 5.74) is 2.47. The lowest BCUT2D eigenvalue weighted by atomic mass is 9.85. The minimum absolute atomic E-state index is 0.574. The summed E-state index contributed by atoms with van der Waals surface area (Å²) < 4.78 is 10.6. The van der Waals surface area contributed by atoms with Crippen molar-refractivity contribution < 1.29 is 4.74 Å². The third-order valence-electron chi connectivity index (χ3n) is 5.82. The first-order valence-corrected chi connectivity index (χ1v) is 11.2. The third kappa shape index (κ3) is 4.91. The average Bonchev–Trinajstić information content (AvgIpc) is 2.79. The summed E-state index contributed by atoms with van der Waals surface area (Å²) in [5.74, 6) is 3.83. The van der Waals surface area contributed by atoms with Gasteiger partial charge in [-0.2, -0.15) is 5.26 Å². The molecule has 1 aliphatic carbocycles. The Morgan fingerprint density at radius 3 is 2.59 bits per heavy atom. The fourth-order valence-corrected chi connectivity index (χ4v) is 4.79. The van der Waals surface area contributed by atoms with Crippen LogP contribution in [0.3, 0.4) is 0 Å². The molecule has 0 bridgehead atoms. The van der Waals surface area contributed by atoms with E-state index in [2.05, 4.69) is 27.3 Å². The first kappa shape index (κ1) is 19.8. The highest BCUT2D eigenvalue weighted by Gasteiger charge is 2.27. The average molecular weight is 407 g/mol. The molecule has 2 heterocycles. The number of hydrogen-bond acceptors (Lipinski definition) is 6. The van der Waals surface area contributed by atoms with Crippen LogP contribution >= 0.6 is 11.9 Å². The highest BCUT2D eigenvalue weighted by atomic mass is 32.2. The van der Waals surface area contributed by atoms with Gasteiger partial charge in [-0.15, -0.1) is 0 Å².